The van der Waals surface area contributed by atoms with Crippen molar-refractivity contribution in [1.29, 1.82) is 0 Å². The molecule has 1 aromatic rings. The highest BCUT2D eigenvalue weighted by molar-refractivity contribution is 7.71. The van der Waals surface area contributed by atoms with Gasteiger partial charge in [-0.2, -0.15) is 5.10 Å². The fraction of sp³-hybridized carbons (Fsp3) is 0.444. The van der Waals surface area contributed by atoms with E-state index in [-0.39, 0.29) is 0 Å². The van der Waals surface area contributed by atoms with Gasteiger partial charge in [-0.05, 0) is 69.6 Å². The first kappa shape index (κ1) is 19.4. The fourth-order valence-electron chi connectivity index (χ4n) is 2.18. The number of amidine groups is 1. The van der Waals surface area contributed by atoms with Crippen molar-refractivity contribution in [3.05, 3.63) is 41.3 Å². The van der Waals surface area contributed by atoms with Crippen LogP contribution >= 0.6 is 6.89 Å². The molecular weight excluding hydrogens is 305 g/mol. The molecule has 0 aromatic heterocycles. The number of anilines is 1. The highest BCUT2D eigenvalue weighted by Crippen LogP contribution is 2.41. The molecule has 0 aliphatic carbocycles. The van der Waals surface area contributed by atoms with Crippen LogP contribution in [0.4, 0.5) is 5.69 Å². The maximum absolute atomic E-state index is 5.12. The van der Waals surface area contributed by atoms with Crippen LogP contribution in [0.5, 0.6) is 0 Å². The maximum Gasteiger partial charge on any atom is 0.186 e. The lowest BCUT2D eigenvalue weighted by Gasteiger charge is -2.20. The maximum atomic E-state index is 5.12. The molecule has 1 aromatic carbocycles. The Morgan fingerprint density at radius 3 is 2.43 bits per heavy atom. The summed E-state index contributed by atoms with van der Waals surface area (Å²) in [6.07, 6.45) is 5.36. The molecule has 5 heteroatoms. The van der Waals surface area contributed by atoms with Gasteiger partial charge in [-0.1, -0.05) is 6.07 Å². The van der Waals surface area contributed by atoms with Gasteiger partial charge in [-0.15, -0.1) is 13.2 Å². The van der Waals surface area contributed by atoms with Crippen molar-refractivity contribution in [2.45, 2.75) is 26.9 Å². The highest BCUT2D eigenvalue weighted by atomic mass is 31.2. The molecule has 0 fully saturated rings. The summed E-state index contributed by atoms with van der Waals surface area (Å²) in [4.78, 5) is 1.79. The molecule has 0 aliphatic heterocycles. The molecule has 128 valence electrons. The summed E-state index contributed by atoms with van der Waals surface area (Å²) in [6.45, 7) is 13.4. The van der Waals surface area contributed by atoms with E-state index in [1.165, 1.54) is 16.7 Å². The smallest absolute Gasteiger partial charge is 0.186 e. The van der Waals surface area contributed by atoms with Crippen molar-refractivity contribution in [3.63, 3.8) is 0 Å². The lowest BCUT2D eigenvalue weighted by Crippen LogP contribution is -2.24. The Kier molecular flexibility index (Phi) is 6.52. The molecule has 0 amide bonds. The predicted molar refractivity (Wildman–Crippen MR) is 106 cm³/mol. The summed E-state index contributed by atoms with van der Waals surface area (Å²) in [7, 11) is 3.47. The zero-order valence-electron chi connectivity index (χ0n) is 15.5. The number of hydrogen-bond acceptors (Lipinski definition) is 3. The van der Waals surface area contributed by atoms with Crippen LogP contribution in [0.15, 0.2) is 29.7 Å². The van der Waals surface area contributed by atoms with Gasteiger partial charge >= 0.3 is 0 Å². The quantitative estimate of drug-likeness (QED) is 0.277. The Labute approximate surface area is 141 Å². The Hall–Kier alpha value is -1.67. The van der Waals surface area contributed by atoms with Gasteiger partial charge in [0.05, 0.1) is 12.8 Å². The SMILES string of the molecule is C=C(OC)N(C)/C(C)=N\Nc1cc(CP(=C)(C)C)c(C)cc1C. The topological polar surface area (TPSA) is 36.9 Å². The minimum absolute atomic E-state index is 0.554. The average molecular weight is 335 g/mol. The number of ether oxygens (including phenoxy) is 1. The molecule has 1 rings (SSSR count). The van der Waals surface area contributed by atoms with E-state index in [1.54, 1.807) is 12.0 Å². The summed E-state index contributed by atoms with van der Waals surface area (Å²) in [5.74, 6) is 1.33. The van der Waals surface area contributed by atoms with E-state index >= 15 is 0 Å². The third-order valence-corrected chi connectivity index (χ3v) is 4.91. The molecule has 23 heavy (non-hydrogen) atoms. The molecule has 0 saturated heterocycles. The standard InChI is InChI=1S/C18H30N3OP/c1-13-10-14(2)18(11-17(13)12-23(7,8)9)20-19-15(3)21(5)16(4)22-6/h10-11,20H,4,7,12H2,1-3,5-6,8-9H3/b19-15-. The van der Waals surface area contributed by atoms with Crippen LogP contribution in [0.2, 0.25) is 0 Å². The van der Waals surface area contributed by atoms with Crippen LogP contribution in [0.25, 0.3) is 0 Å². The predicted octanol–water partition coefficient (Wildman–Crippen LogP) is 4.31. The van der Waals surface area contributed by atoms with Crippen molar-refractivity contribution in [2.75, 3.05) is 32.9 Å². The number of benzene rings is 1. The Bertz CT molecular complexity index is 658. The van der Waals surface area contributed by atoms with Crippen LogP contribution < -0.4 is 5.43 Å². The van der Waals surface area contributed by atoms with Crippen molar-refractivity contribution in [3.8, 4) is 0 Å². The number of nitrogens with one attached hydrogen (secondary N) is 1. The Morgan fingerprint density at radius 2 is 1.91 bits per heavy atom. The van der Waals surface area contributed by atoms with Crippen LogP contribution in [-0.2, 0) is 10.9 Å². The molecule has 4 nitrogen and oxygen atoms in total. The second-order valence-corrected chi connectivity index (χ2v) is 10.8. The molecule has 0 aliphatic rings. The van der Waals surface area contributed by atoms with Gasteiger partial charge in [0.1, 0.15) is 5.84 Å². The van der Waals surface area contributed by atoms with Gasteiger partial charge in [-0.3, -0.25) is 5.43 Å². The molecule has 1 N–H and O–H groups in total. The summed E-state index contributed by atoms with van der Waals surface area (Å²) >= 11 is 0. The average Bonchev–Trinajstić information content (AvgIpc) is 2.45. The summed E-state index contributed by atoms with van der Waals surface area (Å²) in [6, 6.07) is 4.40. The number of methoxy groups -OCH3 is 1. The molecule has 0 unspecified atom stereocenters. The summed E-state index contributed by atoms with van der Waals surface area (Å²) in [5.41, 5.74) is 8.02. The first-order valence-corrected chi connectivity index (χ1v) is 10.6. The van der Waals surface area contributed by atoms with E-state index in [0.29, 0.717) is 5.88 Å². The van der Waals surface area contributed by atoms with E-state index in [0.717, 1.165) is 17.7 Å². The van der Waals surface area contributed by atoms with Gasteiger partial charge in [0, 0.05) is 7.05 Å². The van der Waals surface area contributed by atoms with E-state index in [4.69, 9.17) is 4.74 Å². The zero-order valence-corrected chi connectivity index (χ0v) is 16.4. The van der Waals surface area contributed by atoms with Crippen LogP contribution in [0.1, 0.15) is 23.6 Å². The number of hydrazone groups is 1. The number of rotatable bonds is 6. The second kappa shape index (κ2) is 7.74. The zero-order chi connectivity index (χ0) is 17.8. The molecule has 0 atom stereocenters. The molecule has 0 heterocycles. The van der Waals surface area contributed by atoms with Gasteiger partial charge in [0.25, 0.3) is 0 Å². The molecule has 0 radical (unpaired) electrons. The van der Waals surface area contributed by atoms with Crippen molar-refractivity contribution >= 4 is 24.7 Å². The van der Waals surface area contributed by atoms with Crippen molar-refractivity contribution in [2.24, 2.45) is 5.10 Å². The van der Waals surface area contributed by atoms with Crippen molar-refractivity contribution < 1.29 is 4.74 Å². The van der Waals surface area contributed by atoms with Gasteiger partial charge < -0.3 is 9.64 Å². The third kappa shape index (κ3) is 5.80. The van der Waals surface area contributed by atoms with E-state index in [9.17, 15) is 0 Å². The number of nitrogens with zero attached hydrogens (tertiary/aromatic N) is 2. The number of aryl methyl sites for hydroxylation is 2. The van der Waals surface area contributed by atoms with Gasteiger partial charge in [-0.25, -0.2) is 0 Å². The van der Waals surface area contributed by atoms with E-state index in [2.05, 4.69) is 62.7 Å². The monoisotopic (exact) mass is 335 g/mol. The molecular formula is C18H30N3OP. The highest BCUT2D eigenvalue weighted by Gasteiger charge is 2.09. The van der Waals surface area contributed by atoms with Gasteiger partial charge in [0.2, 0.25) is 0 Å². The van der Waals surface area contributed by atoms with Crippen LogP contribution in [0, 0.1) is 13.8 Å². The third-order valence-electron chi connectivity index (χ3n) is 3.71. The fourth-order valence-corrected chi connectivity index (χ4v) is 3.45. The lowest BCUT2D eigenvalue weighted by atomic mass is 10.1. The Balaban J connectivity index is 3.03. The molecule has 0 bridgehead atoms. The van der Waals surface area contributed by atoms with Gasteiger partial charge in [0.15, 0.2) is 5.88 Å². The Morgan fingerprint density at radius 1 is 1.30 bits per heavy atom. The van der Waals surface area contributed by atoms with E-state index in [1.807, 2.05) is 14.0 Å². The second-order valence-electron chi connectivity index (χ2n) is 6.62. The normalized spacial score (nSPS) is 12.0. The van der Waals surface area contributed by atoms with Crippen LogP contribution in [0.3, 0.4) is 0 Å². The van der Waals surface area contributed by atoms with E-state index < -0.39 is 6.89 Å². The number of hydrogen-bond donors (Lipinski definition) is 1. The summed E-state index contributed by atoms with van der Waals surface area (Å²) < 4.78 is 5.12. The minimum atomic E-state index is -1.12. The summed E-state index contributed by atoms with van der Waals surface area (Å²) in [5, 5.41) is 4.44. The first-order chi connectivity index (χ1) is 10.5. The largest absolute Gasteiger partial charge is 0.483 e. The first-order valence-electron chi connectivity index (χ1n) is 7.59. The minimum Gasteiger partial charge on any atom is -0.483 e. The lowest BCUT2D eigenvalue weighted by molar-refractivity contribution is 0.220. The van der Waals surface area contributed by atoms with Crippen molar-refractivity contribution in [1.82, 2.24) is 4.90 Å². The van der Waals surface area contributed by atoms with Crippen LogP contribution in [-0.4, -0.2) is 44.5 Å². The molecule has 0 spiro atoms. The molecule has 0 saturated carbocycles.